The Morgan fingerprint density at radius 1 is 1.03 bits per heavy atom. The first-order valence-corrected chi connectivity index (χ1v) is 11.5. The van der Waals surface area contributed by atoms with E-state index < -0.39 is 10.0 Å². The van der Waals surface area contributed by atoms with E-state index in [-0.39, 0.29) is 29.6 Å². The molecule has 2 aromatic heterocycles. The van der Waals surface area contributed by atoms with Gasteiger partial charge in [0, 0.05) is 38.6 Å². The number of benzene rings is 1. The van der Waals surface area contributed by atoms with Crippen molar-refractivity contribution in [3.8, 4) is 0 Å². The molecule has 1 fully saturated rings. The van der Waals surface area contributed by atoms with Crippen LogP contribution in [0.4, 0.5) is 0 Å². The number of sulfonamides is 1. The summed E-state index contributed by atoms with van der Waals surface area (Å²) in [6, 6.07) is 9.80. The van der Waals surface area contributed by atoms with Gasteiger partial charge in [-0.2, -0.15) is 9.40 Å². The molecule has 3 aromatic rings. The van der Waals surface area contributed by atoms with E-state index in [0.717, 1.165) is 5.56 Å². The molecule has 0 saturated carbocycles. The Hall–Kier alpha value is -3.11. The maximum atomic E-state index is 13.4. The van der Waals surface area contributed by atoms with Gasteiger partial charge in [-0.3, -0.25) is 14.5 Å². The largest absolute Gasteiger partial charge is 0.335 e. The summed E-state index contributed by atoms with van der Waals surface area (Å²) in [4.78, 5) is 22.4. The van der Waals surface area contributed by atoms with Gasteiger partial charge >= 0.3 is 0 Å². The summed E-state index contributed by atoms with van der Waals surface area (Å²) in [7, 11) is -3.72. The Balaban J connectivity index is 1.50. The van der Waals surface area contributed by atoms with Crippen molar-refractivity contribution >= 4 is 15.9 Å². The van der Waals surface area contributed by atoms with Gasteiger partial charge in [0.25, 0.3) is 5.91 Å². The van der Waals surface area contributed by atoms with Crippen LogP contribution in [0.15, 0.2) is 53.8 Å². The van der Waals surface area contributed by atoms with E-state index in [1.165, 1.54) is 22.9 Å². The van der Waals surface area contributed by atoms with Gasteiger partial charge in [-0.05, 0) is 19.4 Å². The summed E-state index contributed by atoms with van der Waals surface area (Å²) in [6.07, 6.45) is 4.38. The lowest BCUT2D eigenvalue weighted by Crippen LogP contribution is -2.50. The molecule has 31 heavy (non-hydrogen) atoms. The van der Waals surface area contributed by atoms with Crippen molar-refractivity contribution in [3.63, 3.8) is 0 Å². The fraction of sp³-hybridized carbons (Fsp3) is 0.333. The zero-order chi connectivity index (χ0) is 22.0. The molecule has 1 amide bonds. The molecule has 1 aliphatic heterocycles. The van der Waals surface area contributed by atoms with Crippen LogP contribution in [0.25, 0.3) is 0 Å². The average molecular weight is 441 g/mol. The number of amides is 1. The summed E-state index contributed by atoms with van der Waals surface area (Å²) < 4.78 is 29.9. The van der Waals surface area contributed by atoms with Crippen LogP contribution in [0.3, 0.4) is 0 Å². The highest BCUT2D eigenvalue weighted by molar-refractivity contribution is 7.89. The Labute approximate surface area is 181 Å². The fourth-order valence-corrected chi connectivity index (χ4v) is 5.59. The summed E-state index contributed by atoms with van der Waals surface area (Å²) in [5.74, 6) is -0.242. The average Bonchev–Trinajstić information content (AvgIpc) is 3.08. The summed E-state index contributed by atoms with van der Waals surface area (Å²) in [5, 5.41) is 4.48. The van der Waals surface area contributed by atoms with Gasteiger partial charge in [0.2, 0.25) is 10.0 Å². The van der Waals surface area contributed by atoms with Crippen molar-refractivity contribution in [1.29, 1.82) is 0 Å². The predicted octanol–water partition coefficient (Wildman–Crippen LogP) is 1.48. The highest BCUT2D eigenvalue weighted by Crippen LogP contribution is 2.25. The minimum absolute atomic E-state index is 0.219. The number of aromatic nitrogens is 4. The number of nitrogens with zero attached hydrogens (tertiary/aromatic N) is 6. The van der Waals surface area contributed by atoms with Crippen molar-refractivity contribution < 1.29 is 13.2 Å². The standard InChI is InChI=1S/C21H24N6O3S/c1-16-20(17(2)27(24-16)15-18-6-4-3-5-7-18)31(29,30)26-12-10-25(11-13-26)21(28)19-14-22-8-9-23-19/h3-9,14H,10-13,15H2,1-2H3. The van der Waals surface area contributed by atoms with Crippen LogP contribution in [-0.4, -0.2) is 69.5 Å². The Kier molecular flexibility index (Phi) is 5.84. The summed E-state index contributed by atoms with van der Waals surface area (Å²) in [6.45, 7) is 5.03. The first-order chi connectivity index (χ1) is 14.9. The maximum Gasteiger partial charge on any atom is 0.274 e. The zero-order valence-electron chi connectivity index (χ0n) is 17.5. The van der Waals surface area contributed by atoms with E-state index in [1.54, 1.807) is 23.4 Å². The number of carbonyl (C=O) groups is 1. The van der Waals surface area contributed by atoms with E-state index in [2.05, 4.69) is 15.1 Å². The summed E-state index contributed by atoms with van der Waals surface area (Å²) in [5.41, 5.74) is 2.40. The van der Waals surface area contributed by atoms with Crippen LogP contribution >= 0.6 is 0 Å². The molecule has 162 valence electrons. The molecular weight excluding hydrogens is 416 g/mol. The third kappa shape index (κ3) is 4.21. The van der Waals surface area contributed by atoms with Gasteiger partial charge in [-0.25, -0.2) is 13.4 Å². The van der Waals surface area contributed by atoms with Crippen molar-refractivity contribution in [2.24, 2.45) is 0 Å². The van der Waals surface area contributed by atoms with Crippen LogP contribution < -0.4 is 0 Å². The molecule has 4 rings (SSSR count). The SMILES string of the molecule is Cc1nn(Cc2ccccc2)c(C)c1S(=O)(=O)N1CCN(C(=O)c2cnccn2)CC1. The van der Waals surface area contributed by atoms with E-state index in [0.29, 0.717) is 31.0 Å². The number of aryl methyl sites for hydroxylation is 1. The molecule has 1 aliphatic rings. The lowest BCUT2D eigenvalue weighted by atomic mass is 10.2. The van der Waals surface area contributed by atoms with E-state index in [4.69, 9.17) is 0 Å². The molecule has 0 atom stereocenters. The number of hydrogen-bond donors (Lipinski definition) is 0. The van der Waals surface area contributed by atoms with E-state index in [9.17, 15) is 13.2 Å². The second-order valence-corrected chi connectivity index (χ2v) is 9.30. The molecule has 10 heteroatoms. The predicted molar refractivity (Wildman–Crippen MR) is 114 cm³/mol. The van der Waals surface area contributed by atoms with Crippen LogP contribution in [0.2, 0.25) is 0 Å². The van der Waals surface area contributed by atoms with Gasteiger partial charge in [0.05, 0.1) is 24.1 Å². The van der Waals surface area contributed by atoms with Crippen molar-refractivity contribution in [2.45, 2.75) is 25.3 Å². The van der Waals surface area contributed by atoms with Crippen LogP contribution in [-0.2, 0) is 16.6 Å². The Bertz CT molecular complexity index is 1170. The molecule has 1 aromatic carbocycles. The van der Waals surface area contributed by atoms with E-state index >= 15 is 0 Å². The number of rotatable bonds is 5. The third-order valence-corrected chi connectivity index (χ3v) is 7.55. The zero-order valence-corrected chi connectivity index (χ0v) is 18.3. The van der Waals surface area contributed by atoms with Gasteiger partial charge in [-0.1, -0.05) is 30.3 Å². The van der Waals surface area contributed by atoms with Crippen molar-refractivity contribution in [2.75, 3.05) is 26.2 Å². The van der Waals surface area contributed by atoms with Gasteiger partial charge in [0.15, 0.2) is 0 Å². The molecule has 0 N–H and O–H groups in total. The first kappa shape index (κ1) is 21.1. The van der Waals surface area contributed by atoms with Crippen molar-refractivity contribution in [3.05, 3.63) is 71.6 Å². The molecule has 0 radical (unpaired) electrons. The number of hydrogen-bond acceptors (Lipinski definition) is 6. The normalized spacial score (nSPS) is 15.2. The van der Waals surface area contributed by atoms with Gasteiger partial charge in [0.1, 0.15) is 10.6 Å². The van der Waals surface area contributed by atoms with Gasteiger partial charge in [-0.15, -0.1) is 0 Å². The molecule has 0 aliphatic carbocycles. The second kappa shape index (κ2) is 8.56. The molecule has 9 nitrogen and oxygen atoms in total. The quantitative estimate of drug-likeness (QED) is 0.596. The molecule has 3 heterocycles. The molecular formula is C21H24N6O3S. The highest BCUT2D eigenvalue weighted by atomic mass is 32.2. The van der Waals surface area contributed by atoms with Gasteiger partial charge < -0.3 is 4.90 Å². The smallest absolute Gasteiger partial charge is 0.274 e. The van der Waals surface area contributed by atoms with Crippen LogP contribution in [0.1, 0.15) is 27.4 Å². The monoisotopic (exact) mass is 440 g/mol. The Morgan fingerprint density at radius 2 is 1.74 bits per heavy atom. The Morgan fingerprint density at radius 3 is 2.39 bits per heavy atom. The van der Waals surface area contributed by atoms with E-state index in [1.807, 2.05) is 30.3 Å². The highest BCUT2D eigenvalue weighted by Gasteiger charge is 2.34. The molecule has 0 spiro atoms. The minimum Gasteiger partial charge on any atom is -0.335 e. The second-order valence-electron chi connectivity index (χ2n) is 7.43. The number of carbonyl (C=O) groups excluding carboxylic acids is 1. The lowest BCUT2D eigenvalue weighted by Gasteiger charge is -2.33. The fourth-order valence-electron chi connectivity index (χ4n) is 3.80. The van der Waals surface area contributed by atoms with Crippen LogP contribution in [0.5, 0.6) is 0 Å². The first-order valence-electron chi connectivity index (χ1n) is 10.0. The maximum absolute atomic E-state index is 13.4. The number of piperazine rings is 1. The lowest BCUT2D eigenvalue weighted by molar-refractivity contribution is 0.0691. The molecule has 1 saturated heterocycles. The minimum atomic E-state index is -3.72. The topological polar surface area (TPSA) is 101 Å². The molecule has 0 unspecified atom stereocenters. The third-order valence-electron chi connectivity index (χ3n) is 5.40. The summed E-state index contributed by atoms with van der Waals surface area (Å²) >= 11 is 0. The van der Waals surface area contributed by atoms with Crippen molar-refractivity contribution in [1.82, 2.24) is 29.0 Å². The molecule has 0 bridgehead atoms. The van der Waals surface area contributed by atoms with Crippen LogP contribution in [0, 0.1) is 13.8 Å².